The lowest BCUT2D eigenvalue weighted by Gasteiger charge is -2.39. The maximum atomic E-state index is 5.22. The molecule has 0 saturated carbocycles. The highest BCUT2D eigenvalue weighted by Gasteiger charge is 2.26. The van der Waals surface area contributed by atoms with Gasteiger partial charge in [0.1, 0.15) is 0 Å². The number of hydrogen-bond donors (Lipinski definition) is 0. The van der Waals surface area contributed by atoms with Crippen molar-refractivity contribution < 1.29 is 4.74 Å². The first-order chi connectivity index (χ1) is 7.56. The molecule has 0 bridgehead atoms. The fourth-order valence-corrected chi connectivity index (χ4v) is 2.00. The Morgan fingerprint density at radius 1 is 1.31 bits per heavy atom. The van der Waals surface area contributed by atoms with Gasteiger partial charge in [0.15, 0.2) is 0 Å². The molecule has 0 aromatic heterocycles. The SMILES string of the molecule is CCC.COCC1CC(N(C)C)CCN1C. The van der Waals surface area contributed by atoms with Crippen LogP contribution in [-0.2, 0) is 4.74 Å². The Kier molecular flexibility index (Phi) is 8.90. The maximum Gasteiger partial charge on any atom is 0.0618 e. The average molecular weight is 230 g/mol. The predicted molar refractivity (Wildman–Crippen MR) is 71.0 cm³/mol. The van der Waals surface area contributed by atoms with E-state index in [2.05, 4.69) is 44.8 Å². The molecule has 1 aliphatic rings. The van der Waals surface area contributed by atoms with Crippen molar-refractivity contribution in [1.29, 1.82) is 0 Å². The summed E-state index contributed by atoms with van der Waals surface area (Å²) in [6.45, 7) is 6.30. The van der Waals surface area contributed by atoms with E-state index in [9.17, 15) is 0 Å². The lowest BCUT2D eigenvalue weighted by atomic mass is 9.97. The molecule has 1 fully saturated rings. The van der Waals surface area contributed by atoms with Crippen LogP contribution in [0.1, 0.15) is 33.1 Å². The fourth-order valence-electron chi connectivity index (χ4n) is 2.00. The van der Waals surface area contributed by atoms with E-state index in [1.165, 1.54) is 25.8 Å². The van der Waals surface area contributed by atoms with Crippen LogP contribution in [0.25, 0.3) is 0 Å². The van der Waals surface area contributed by atoms with Crippen LogP contribution in [0.2, 0.25) is 0 Å². The van der Waals surface area contributed by atoms with Gasteiger partial charge in [0.2, 0.25) is 0 Å². The monoisotopic (exact) mass is 230 g/mol. The molecule has 0 aromatic rings. The van der Waals surface area contributed by atoms with Gasteiger partial charge in [-0.3, -0.25) is 0 Å². The summed E-state index contributed by atoms with van der Waals surface area (Å²) in [5.41, 5.74) is 0. The fraction of sp³-hybridized carbons (Fsp3) is 1.00. The van der Waals surface area contributed by atoms with Crippen LogP contribution in [0.3, 0.4) is 0 Å². The smallest absolute Gasteiger partial charge is 0.0618 e. The Bertz CT molecular complexity index is 162. The number of hydrogen-bond acceptors (Lipinski definition) is 3. The normalized spacial score (nSPS) is 26.4. The molecule has 2 unspecified atom stereocenters. The van der Waals surface area contributed by atoms with E-state index < -0.39 is 0 Å². The summed E-state index contributed by atoms with van der Waals surface area (Å²) in [6, 6.07) is 1.34. The largest absolute Gasteiger partial charge is 0.383 e. The molecule has 1 heterocycles. The number of rotatable bonds is 3. The lowest BCUT2D eigenvalue weighted by molar-refractivity contribution is 0.0503. The van der Waals surface area contributed by atoms with E-state index in [4.69, 9.17) is 4.74 Å². The molecular weight excluding hydrogens is 200 g/mol. The van der Waals surface area contributed by atoms with E-state index in [1.54, 1.807) is 7.11 Å². The van der Waals surface area contributed by atoms with Gasteiger partial charge >= 0.3 is 0 Å². The molecular formula is C13H30N2O. The number of likely N-dealkylation sites (N-methyl/N-ethyl adjacent to an activating group) is 1. The summed E-state index contributed by atoms with van der Waals surface area (Å²) < 4.78 is 5.22. The second-order valence-corrected chi connectivity index (χ2v) is 4.94. The van der Waals surface area contributed by atoms with Crippen LogP contribution < -0.4 is 0 Å². The Hall–Kier alpha value is -0.120. The summed E-state index contributed by atoms with van der Waals surface area (Å²) >= 11 is 0. The molecule has 0 N–H and O–H groups in total. The van der Waals surface area contributed by atoms with Crippen LogP contribution in [0.5, 0.6) is 0 Å². The Morgan fingerprint density at radius 2 is 1.88 bits per heavy atom. The van der Waals surface area contributed by atoms with Crippen LogP contribution in [0.4, 0.5) is 0 Å². The van der Waals surface area contributed by atoms with Crippen molar-refractivity contribution in [3.8, 4) is 0 Å². The highest BCUT2D eigenvalue weighted by Crippen LogP contribution is 2.18. The molecule has 3 nitrogen and oxygen atoms in total. The first-order valence-corrected chi connectivity index (χ1v) is 6.42. The van der Waals surface area contributed by atoms with Gasteiger partial charge in [-0.2, -0.15) is 0 Å². The molecule has 0 amide bonds. The minimum atomic E-state index is 0.603. The Morgan fingerprint density at radius 3 is 2.31 bits per heavy atom. The van der Waals surface area contributed by atoms with Crippen LogP contribution in [0.15, 0.2) is 0 Å². The van der Waals surface area contributed by atoms with Crippen molar-refractivity contribution in [3.05, 3.63) is 0 Å². The molecule has 16 heavy (non-hydrogen) atoms. The Balaban J connectivity index is 0.000000673. The van der Waals surface area contributed by atoms with E-state index in [1.807, 2.05) is 0 Å². The predicted octanol–water partition coefficient (Wildman–Crippen LogP) is 2.07. The van der Waals surface area contributed by atoms with E-state index in [0.29, 0.717) is 6.04 Å². The third-order valence-electron chi connectivity index (χ3n) is 3.07. The highest BCUT2D eigenvalue weighted by atomic mass is 16.5. The number of nitrogens with zero attached hydrogens (tertiary/aromatic N) is 2. The topological polar surface area (TPSA) is 15.7 Å². The lowest BCUT2D eigenvalue weighted by Crippen LogP contribution is -2.48. The third-order valence-corrected chi connectivity index (χ3v) is 3.07. The molecule has 0 spiro atoms. The van der Waals surface area contributed by atoms with Crippen LogP contribution in [0, 0.1) is 0 Å². The van der Waals surface area contributed by atoms with Crippen LogP contribution in [-0.4, -0.2) is 63.3 Å². The average Bonchev–Trinajstić information content (AvgIpc) is 2.22. The molecule has 3 heteroatoms. The summed E-state index contributed by atoms with van der Waals surface area (Å²) in [5, 5.41) is 0. The van der Waals surface area contributed by atoms with E-state index in [0.717, 1.165) is 12.6 Å². The zero-order valence-electron chi connectivity index (χ0n) is 12.0. The summed E-state index contributed by atoms with van der Waals surface area (Å²) in [4.78, 5) is 4.74. The van der Waals surface area contributed by atoms with E-state index >= 15 is 0 Å². The molecule has 1 saturated heterocycles. The number of likely N-dealkylation sites (tertiary alicyclic amines) is 1. The third kappa shape index (κ3) is 5.83. The van der Waals surface area contributed by atoms with Gasteiger partial charge in [-0.05, 0) is 40.5 Å². The molecule has 1 aliphatic heterocycles. The number of piperidine rings is 1. The molecule has 0 aromatic carbocycles. The molecule has 0 radical (unpaired) electrons. The second-order valence-electron chi connectivity index (χ2n) is 4.94. The van der Waals surface area contributed by atoms with Gasteiger partial charge in [0.25, 0.3) is 0 Å². The minimum absolute atomic E-state index is 0.603. The standard InChI is InChI=1S/C10H22N2O.C3H8/c1-11(2)9-5-6-12(3)10(7-9)8-13-4;1-3-2/h9-10H,5-8H2,1-4H3;3H2,1-2H3. The Labute approximate surface area is 102 Å². The zero-order valence-corrected chi connectivity index (χ0v) is 12.0. The van der Waals surface area contributed by atoms with Crippen molar-refractivity contribution >= 4 is 0 Å². The summed E-state index contributed by atoms with van der Waals surface area (Å²) in [5.74, 6) is 0. The number of methoxy groups -OCH3 is 1. The van der Waals surface area contributed by atoms with Gasteiger partial charge in [-0.1, -0.05) is 20.3 Å². The molecule has 0 aliphatic carbocycles. The van der Waals surface area contributed by atoms with Crippen molar-refractivity contribution in [1.82, 2.24) is 9.80 Å². The molecule has 98 valence electrons. The van der Waals surface area contributed by atoms with Gasteiger partial charge in [-0.25, -0.2) is 0 Å². The quantitative estimate of drug-likeness (QED) is 0.738. The van der Waals surface area contributed by atoms with Gasteiger partial charge < -0.3 is 14.5 Å². The zero-order chi connectivity index (χ0) is 12.6. The summed E-state index contributed by atoms with van der Waals surface area (Å²) in [6.07, 6.45) is 3.76. The van der Waals surface area contributed by atoms with Gasteiger partial charge in [0, 0.05) is 19.2 Å². The van der Waals surface area contributed by atoms with Gasteiger partial charge in [0.05, 0.1) is 6.61 Å². The first kappa shape index (κ1) is 15.9. The minimum Gasteiger partial charge on any atom is -0.383 e. The van der Waals surface area contributed by atoms with Crippen molar-refractivity contribution in [3.63, 3.8) is 0 Å². The van der Waals surface area contributed by atoms with E-state index in [-0.39, 0.29) is 0 Å². The van der Waals surface area contributed by atoms with Crippen molar-refractivity contribution in [2.45, 2.75) is 45.2 Å². The highest BCUT2D eigenvalue weighted by molar-refractivity contribution is 4.83. The van der Waals surface area contributed by atoms with Crippen LogP contribution >= 0.6 is 0 Å². The molecule has 1 rings (SSSR count). The van der Waals surface area contributed by atoms with Crippen molar-refractivity contribution in [2.24, 2.45) is 0 Å². The first-order valence-electron chi connectivity index (χ1n) is 6.42. The van der Waals surface area contributed by atoms with Gasteiger partial charge in [-0.15, -0.1) is 0 Å². The van der Waals surface area contributed by atoms with Crippen molar-refractivity contribution in [2.75, 3.05) is 41.4 Å². The second kappa shape index (κ2) is 8.97. The maximum absolute atomic E-state index is 5.22. The summed E-state index contributed by atoms with van der Waals surface area (Å²) in [7, 11) is 8.31. The number of ether oxygens (including phenoxy) is 1. The molecule has 2 atom stereocenters.